The van der Waals surface area contributed by atoms with E-state index in [9.17, 15) is 9.59 Å². The van der Waals surface area contributed by atoms with E-state index in [-0.39, 0.29) is 24.4 Å². The van der Waals surface area contributed by atoms with Crippen molar-refractivity contribution >= 4 is 16.9 Å². The number of nitrogens with zero attached hydrogens (tertiary/aromatic N) is 4. The van der Waals surface area contributed by atoms with E-state index in [1.54, 1.807) is 11.8 Å². The Bertz CT molecular complexity index is 1260. The molecule has 1 N–H and O–H groups in total. The van der Waals surface area contributed by atoms with Gasteiger partial charge in [0.05, 0.1) is 25.3 Å². The molecule has 0 fully saturated rings. The van der Waals surface area contributed by atoms with Crippen LogP contribution in [0.5, 0.6) is 5.75 Å². The molecule has 0 bridgehead atoms. The van der Waals surface area contributed by atoms with Crippen LogP contribution in [0.3, 0.4) is 0 Å². The lowest BCUT2D eigenvalue weighted by atomic mass is 10.2. The van der Waals surface area contributed by atoms with Gasteiger partial charge in [0.2, 0.25) is 5.91 Å². The monoisotopic (exact) mass is 417 g/mol. The Kier molecular flexibility index (Phi) is 5.79. The van der Waals surface area contributed by atoms with Gasteiger partial charge in [0.15, 0.2) is 5.65 Å². The van der Waals surface area contributed by atoms with Gasteiger partial charge < -0.3 is 10.1 Å². The predicted octanol–water partition coefficient (Wildman–Crippen LogP) is 2.61. The van der Waals surface area contributed by atoms with Crippen molar-refractivity contribution in [3.05, 3.63) is 82.5 Å². The smallest absolute Gasteiger partial charge is 0.264 e. The van der Waals surface area contributed by atoms with Crippen molar-refractivity contribution < 1.29 is 9.53 Å². The first kappa shape index (κ1) is 20.3. The number of aryl methyl sites for hydroxylation is 2. The lowest BCUT2D eigenvalue weighted by Gasteiger charge is -2.08. The molecular formula is C23H23N5O3. The molecule has 0 radical (unpaired) electrons. The molecule has 0 saturated carbocycles. The molecule has 0 atom stereocenters. The van der Waals surface area contributed by atoms with Crippen LogP contribution in [0.4, 0.5) is 0 Å². The fourth-order valence-corrected chi connectivity index (χ4v) is 3.24. The summed E-state index contributed by atoms with van der Waals surface area (Å²) in [7, 11) is 1.61. The molecule has 0 saturated heterocycles. The molecule has 8 heteroatoms. The van der Waals surface area contributed by atoms with E-state index < -0.39 is 0 Å². The minimum atomic E-state index is -0.216. The number of amides is 1. The molecule has 4 aromatic rings. The maximum atomic E-state index is 12.8. The minimum Gasteiger partial charge on any atom is -0.497 e. The molecular weight excluding hydrogens is 394 g/mol. The summed E-state index contributed by atoms with van der Waals surface area (Å²) < 4.78 is 8.21. The second-order valence-electron chi connectivity index (χ2n) is 7.25. The average molecular weight is 417 g/mol. The van der Waals surface area contributed by atoms with Gasteiger partial charge in [-0.1, -0.05) is 29.8 Å². The average Bonchev–Trinajstić information content (AvgIpc) is 3.23. The molecule has 0 spiro atoms. The molecule has 158 valence electrons. The number of hydrogen-bond donors (Lipinski definition) is 1. The van der Waals surface area contributed by atoms with Gasteiger partial charge in [0.1, 0.15) is 11.1 Å². The van der Waals surface area contributed by atoms with Crippen molar-refractivity contribution in [1.29, 1.82) is 0 Å². The summed E-state index contributed by atoms with van der Waals surface area (Å²) in [5.74, 6) is 0.626. The number of ether oxygens (including phenoxy) is 1. The number of hydrogen-bond acceptors (Lipinski definition) is 5. The van der Waals surface area contributed by atoms with Crippen LogP contribution < -0.4 is 15.6 Å². The van der Waals surface area contributed by atoms with E-state index in [2.05, 4.69) is 15.4 Å². The fraction of sp³-hybridized carbons (Fsp3) is 0.217. The molecule has 4 rings (SSSR count). The Hall–Kier alpha value is -3.94. The molecule has 8 nitrogen and oxygen atoms in total. The van der Waals surface area contributed by atoms with E-state index in [0.717, 1.165) is 22.6 Å². The molecule has 2 heterocycles. The predicted molar refractivity (Wildman–Crippen MR) is 117 cm³/mol. The third-order valence-corrected chi connectivity index (χ3v) is 5.06. The van der Waals surface area contributed by atoms with Crippen molar-refractivity contribution in [3.8, 4) is 11.4 Å². The maximum absolute atomic E-state index is 12.8. The number of fused-ring (bicyclic) bond motifs is 1. The highest BCUT2D eigenvalue weighted by atomic mass is 16.5. The van der Waals surface area contributed by atoms with E-state index in [1.165, 1.54) is 17.1 Å². The van der Waals surface area contributed by atoms with Gasteiger partial charge in [-0.25, -0.2) is 9.67 Å². The van der Waals surface area contributed by atoms with Crippen LogP contribution in [-0.2, 0) is 17.9 Å². The summed E-state index contributed by atoms with van der Waals surface area (Å²) in [6.07, 6.45) is 3.16. The van der Waals surface area contributed by atoms with Crippen molar-refractivity contribution in [2.24, 2.45) is 0 Å². The van der Waals surface area contributed by atoms with Gasteiger partial charge in [-0.2, -0.15) is 5.10 Å². The van der Waals surface area contributed by atoms with Crippen LogP contribution >= 0.6 is 0 Å². The summed E-state index contributed by atoms with van der Waals surface area (Å²) in [6.45, 7) is 2.67. The minimum absolute atomic E-state index is 0.141. The molecule has 0 aliphatic carbocycles. The van der Waals surface area contributed by atoms with Gasteiger partial charge in [0.25, 0.3) is 5.56 Å². The Morgan fingerprint density at radius 2 is 1.84 bits per heavy atom. The Labute approximate surface area is 179 Å². The zero-order chi connectivity index (χ0) is 21.8. The largest absolute Gasteiger partial charge is 0.497 e. The first-order valence-electron chi connectivity index (χ1n) is 9.95. The quantitative estimate of drug-likeness (QED) is 0.499. The number of benzene rings is 2. The van der Waals surface area contributed by atoms with E-state index in [1.807, 2.05) is 55.5 Å². The van der Waals surface area contributed by atoms with Gasteiger partial charge in [0, 0.05) is 19.5 Å². The Morgan fingerprint density at radius 3 is 2.55 bits per heavy atom. The van der Waals surface area contributed by atoms with Crippen molar-refractivity contribution in [2.45, 2.75) is 26.4 Å². The molecule has 31 heavy (non-hydrogen) atoms. The van der Waals surface area contributed by atoms with Crippen LogP contribution in [0.25, 0.3) is 16.7 Å². The van der Waals surface area contributed by atoms with Crippen molar-refractivity contribution in [2.75, 3.05) is 7.11 Å². The molecule has 2 aromatic heterocycles. The number of aromatic nitrogens is 4. The molecule has 0 aliphatic heterocycles. The van der Waals surface area contributed by atoms with Gasteiger partial charge in [-0.3, -0.25) is 14.2 Å². The van der Waals surface area contributed by atoms with E-state index in [4.69, 9.17) is 4.74 Å². The lowest BCUT2D eigenvalue weighted by Crippen LogP contribution is -2.27. The first-order chi connectivity index (χ1) is 15.0. The molecule has 2 aromatic carbocycles. The van der Waals surface area contributed by atoms with Crippen molar-refractivity contribution in [3.63, 3.8) is 0 Å². The standard InChI is InChI=1S/C23H23N5O3/c1-16-3-7-18(8-4-16)28-22-20(14-26-28)23(30)27(15-25-22)12-11-21(29)24-13-17-5-9-19(31-2)10-6-17/h3-10,14-15H,11-13H2,1-2H3,(H,24,29). The second-order valence-corrected chi connectivity index (χ2v) is 7.25. The Balaban J connectivity index is 1.41. The molecule has 1 amide bonds. The van der Waals surface area contributed by atoms with Crippen molar-refractivity contribution in [1.82, 2.24) is 24.6 Å². The second kappa shape index (κ2) is 8.83. The topological polar surface area (TPSA) is 91.0 Å². The third-order valence-electron chi connectivity index (χ3n) is 5.06. The summed E-state index contributed by atoms with van der Waals surface area (Å²) in [6, 6.07) is 15.3. The van der Waals surface area contributed by atoms with Crippen LogP contribution in [0.15, 0.2) is 65.8 Å². The normalized spacial score (nSPS) is 10.9. The number of nitrogens with one attached hydrogen (secondary N) is 1. The third kappa shape index (κ3) is 4.48. The van der Waals surface area contributed by atoms with Gasteiger partial charge in [-0.15, -0.1) is 0 Å². The number of methoxy groups -OCH3 is 1. The Morgan fingerprint density at radius 1 is 1.10 bits per heavy atom. The summed E-state index contributed by atoms with van der Waals surface area (Å²) in [4.78, 5) is 29.4. The lowest BCUT2D eigenvalue weighted by molar-refractivity contribution is -0.121. The number of rotatable bonds is 7. The zero-order valence-electron chi connectivity index (χ0n) is 17.4. The van der Waals surface area contributed by atoms with Gasteiger partial charge in [-0.05, 0) is 36.8 Å². The first-order valence-corrected chi connectivity index (χ1v) is 9.95. The highest BCUT2D eigenvalue weighted by Crippen LogP contribution is 2.14. The van der Waals surface area contributed by atoms with E-state index in [0.29, 0.717) is 17.6 Å². The van der Waals surface area contributed by atoms with Gasteiger partial charge >= 0.3 is 0 Å². The zero-order valence-corrected chi connectivity index (χ0v) is 17.4. The van der Waals surface area contributed by atoms with Crippen LogP contribution in [0, 0.1) is 6.92 Å². The summed E-state index contributed by atoms with van der Waals surface area (Å²) in [5, 5.41) is 7.60. The molecule has 0 unspecified atom stereocenters. The highest BCUT2D eigenvalue weighted by molar-refractivity contribution is 5.76. The number of carbonyl (C=O) groups is 1. The van der Waals surface area contributed by atoms with E-state index >= 15 is 0 Å². The van der Waals surface area contributed by atoms with Crippen LogP contribution in [-0.4, -0.2) is 32.3 Å². The number of carbonyl (C=O) groups excluding carboxylic acids is 1. The highest BCUT2D eigenvalue weighted by Gasteiger charge is 2.12. The van der Waals surface area contributed by atoms with Crippen LogP contribution in [0.1, 0.15) is 17.5 Å². The molecule has 0 aliphatic rings. The summed E-state index contributed by atoms with van der Waals surface area (Å²) >= 11 is 0. The van der Waals surface area contributed by atoms with Crippen LogP contribution in [0.2, 0.25) is 0 Å². The SMILES string of the molecule is COc1ccc(CNC(=O)CCn2cnc3c(cnn3-c3ccc(C)cc3)c2=O)cc1. The maximum Gasteiger partial charge on any atom is 0.264 e. The summed E-state index contributed by atoms with van der Waals surface area (Å²) in [5.41, 5.74) is 3.22. The fourth-order valence-electron chi connectivity index (χ4n) is 3.24.